The van der Waals surface area contributed by atoms with Crippen LogP contribution in [0.3, 0.4) is 0 Å². The first kappa shape index (κ1) is 16.8. The number of carbonyl (C=O) groups excluding carboxylic acids is 1. The van der Waals surface area contributed by atoms with Gasteiger partial charge in [-0.05, 0) is 64.8 Å². The Morgan fingerprint density at radius 2 is 2.05 bits per heavy atom. The number of hydrogen-bond donors (Lipinski definition) is 1. The van der Waals surface area contributed by atoms with E-state index in [1.807, 2.05) is 6.92 Å². The minimum absolute atomic E-state index is 0.113. The Bertz CT molecular complexity index is 357. The van der Waals surface area contributed by atoms with Crippen LogP contribution in [0.25, 0.3) is 0 Å². The number of likely N-dealkylation sites (tertiary alicyclic amines) is 1. The van der Waals surface area contributed by atoms with Crippen LogP contribution in [0.4, 0.5) is 0 Å². The van der Waals surface area contributed by atoms with Gasteiger partial charge >= 0.3 is 5.97 Å². The summed E-state index contributed by atoms with van der Waals surface area (Å²) in [6.45, 7) is 9.06. The van der Waals surface area contributed by atoms with E-state index in [1.165, 1.54) is 32.9 Å². The molecular weight excluding hydrogens is 264 g/mol. The third-order valence-corrected chi connectivity index (χ3v) is 5.02. The van der Waals surface area contributed by atoms with E-state index in [0.29, 0.717) is 6.04 Å². The SMILES string of the molecule is COC(=O)C(C)(CCCCN1CC(C)CC1C)NC1CC1. The van der Waals surface area contributed by atoms with Gasteiger partial charge in [0.25, 0.3) is 0 Å². The molecule has 2 fully saturated rings. The highest BCUT2D eigenvalue weighted by Crippen LogP contribution is 2.27. The van der Waals surface area contributed by atoms with Crippen molar-refractivity contribution in [2.45, 2.75) is 76.9 Å². The lowest BCUT2D eigenvalue weighted by molar-refractivity contribution is -0.148. The summed E-state index contributed by atoms with van der Waals surface area (Å²) in [6.07, 6.45) is 6.81. The Labute approximate surface area is 129 Å². The Morgan fingerprint density at radius 1 is 1.33 bits per heavy atom. The smallest absolute Gasteiger partial charge is 0.325 e. The van der Waals surface area contributed by atoms with E-state index in [2.05, 4.69) is 24.1 Å². The van der Waals surface area contributed by atoms with Gasteiger partial charge < -0.3 is 9.64 Å². The maximum atomic E-state index is 12.0. The van der Waals surface area contributed by atoms with Crippen LogP contribution in [0, 0.1) is 5.92 Å². The number of hydrogen-bond acceptors (Lipinski definition) is 4. The predicted octanol–water partition coefficient (Wildman–Crippen LogP) is 2.57. The van der Waals surface area contributed by atoms with Crippen LogP contribution < -0.4 is 5.32 Å². The van der Waals surface area contributed by atoms with Gasteiger partial charge in [-0.2, -0.15) is 0 Å². The fourth-order valence-corrected chi connectivity index (χ4v) is 3.63. The van der Waals surface area contributed by atoms with E-state index >= 15 is 0 Å². The quantitative estimate of drug-likeness (QED) is 0.552. The molecule has 0 amide bonds. The summed E-state index contributed by atoms with van der Waals surface area (Å²) >= 11 is 0. The van der Waals surface area contributed by atoms with Crippen molar-refractivity contribution in [1.29, 1.82) is 0 Å². The molecular formula is C17H32N2O2. The molecule has 0 bridgehead atoms. The van der Waals surface area contributed by atoms with Gasteiger partial charge in [-0.1, -0.05) is 6.92 Å². The van der Waals surface area contributed by atoms with Crippen LogP contribution in [-0.4, -0.2) is 48.7 Å². The molecule has 122 valence electrons. The predicted molar refractivity (Wildman–Crippen MR) is 85.2 cm³/mol. The van der Waals surface area contributed by atoms with Gasteiger partial charge in [0.2, 0.25) is 0 Å². The molecule has 4 nitrogen and oxygen atoms in total. The fourth-order valence-electron chi connectivity index (χ4n) is 3.63. The standard InChI is InChI=1S/C17H32N2O2/c1-13-11-14(2)19(12-13)10-6-5-9-17(3,16(20)21-4)18-15-7-8-15/h13-15,18H,5-12H2,1-4H3. The molecule has 1 N–H and O–H groups in total. The van der Waals surface area contributed by atoms with Crippen LogP contribution in [-0.2, 0) is 9.53 Å². The molecule has 21 heavy (non-hydrogen) atoms. The van der Waals surface area contributed by atoms with E-state index < -0.39 is 5.54 Å². The first-order chi connectivity index (χ1) is 9.94. The summed E-state index contributed by atoms with van der Waals surface area (Å²) < 4.78 is 4.99. The van der Waals surface area contributed by atoms with Crippen molar-refractivity contribution in [3.05, 3.63) is 0 Å². The zero-order valence-corrected chi connectivity index (χ0v) is 14.2. The summed E-state index contributed by atoms with van der Waals surface area (Å²) in [7, 11) is 1.49. The Morgan fingerprint density at radius 3 is 2.57 bits per heavy atom. The topological polar surface area (TPSA) is 41.6 Å². The number of carbonyl (C=O) groups is 1. The summed E-state index contributed by atoms with van der Waals surface area (Å²) in [6, 6.07) is 1.24. The highest BCUT2D eigenvalue weighted by Gasteiger charge is 2.38. The minimum Gasteiger partial charge on any atom is -0.468 e. The maximum Gasteiger partial charge on any atom is 0.325 e. The summed E-state index contributed by atoms with van der Waals surface area (Å²) in [5.41, 5.74) is -0.500. The zero-order valence-electron chi connectivity index (χ0n) is 14.2. The van der Waals surface area contributed by atoms with Gasteiger partial charge in [-0.15, -0.1) is 0 Å². The van der Waals surface area contributed by atoms with Crippen LogP contribution in [0.2, 0.25) is 0 Å². The lowest BCUT2D eigenvalue weighted by atomic mass is 9.94. The molecule has 0 spiro atoms. The fraction of sp³-hybridized carbons (Fsp3) is 0.941. The Kier molecular flexibility index (Phi) is 5.67. The average Bonchev–Trinajstić information content (AvgIpc) is 3.18. The van der Waals surface area contributed by atoms with Crippen LogP contribution >= 0.6 is 0 Å². The van der Waals surface area contributed by atoms with Crippen molar-refractivity contribution in [2.75, 3.05) is 20.2 Å². The maximum absolute atomic E-state index is 12.0. The molecule has 3 atom stereocenters. The third kappa shape index (κ3) is 4.68. The summed E-state index contributed by atoms with van der Waals surface area (Å²) in [5, 5.41) is 3.47. The first-order valence-electron chi connectivity index (χ1n) is 8.55. The van der Waals surface area contributed by atoms with Crippen LogP contribution in [0.15, 0.2) is 0 Å². The van der Waals surface area contributed by atoms with Gasteiger partial charge in [-0.3, -0.25) is 10.1 Å². The van der Waals surface area contributed by atoms with Crippen molar-refractivity contribution < 1.29 is 9.53 Å². The van der Waals surface area contributed by atoms with Crippen molar-refractivity contribution >= 4 is 5.97 Å². The molecule has 0 aromatic rings. The van der Waals surface area contributed by atoms with E-state index in [1.54, 1.807) is 0 Å². The molecule has 0 aromatic heterocycles. The number of nitrogens with zero attached hydrogens (tertiary/aromatic N) is 1. The minimum atomic E-state index is -0.500. The molecule has 1 aliphatic heterocycles. The second-order valence-corrected chi connectivity index (χ2v) is 7.38. The first-order valence-corrected chi connectivity index (χ1v) is 8.55. The number of rotatable bonds is 8. The number of esters is 1. The molecule has 1 heterocycles. The molecule has 0 aromatic carbocycles. The molecule has 1 saturated heterocycles. The van der Waals surface area contributed by atoms with Crippen molar-refractivity contribution in [3.8, 4) is 0 Å². The zero-order chi connectivity index (χ0) is 15.5. The number of unbranched alkanes of at least 4 members (excludes halogenated alkanes) is 1. The van der Waals surface area contributed by atoms with E-state index in [-0.39, 0.29) is 5.97 Å². The second-order valence-electron chi connectivity index (χ2n) is 7.38. The highest BCUT2D eigenvalue weighted by atomic mass is 16.5. The van der Waals surface area contributed by atoms with E-state index in [4.69, 9.17) is 4.74 Å². The second kappa shape index (κ2) is 7.10. The third-order valence-electron chi connectivity index (χ3n) is 5.02. The number of ether oxygens (including phenoxy) is 1. The average molecular weight is 296 g/mol. The van der Waals surface area contributed by atoms with Crippen molar-refractivity contribution in [3.63, 3.8) is 0 Å². The van der Waals surface area contributed by atoms with Gasteiger partial charge in [0.05, 0.1) is 7.11 Å². The molecule has 1 aliphatic carbocycles. The number of nitrogens with one attached hydrogen (secondary N) is 1. The molecule has 3 unspecified atom stereocenters. The highest BCUT2D eigenvalue weighted by molar-refractivity contribution is 5.80. The normalized spacial score (nSPS) is 29.3. The van der Waals surface area contributed by atoms with Gasteiger partial charge in [0.1, 0.15) is 5.54 Å². The van der Waals surface area contributed by atoms with E-state index in [9.17, 15) is 4.79 Å². The van der Waals surface area contributed by atoms with Crippen LogP contribution in [0.5, 0.6) is 0 Å². The lowest BCUT2D eigenvalue weighted by Crippen LogP contribution is -2.51. The van der Waals surface area contributed by atoms with Crippen molar-refractivity contribution in [2.24, 2.45) is 5.92 Å². The van der Waals surface area contributed by atoms with E-state index in [0.717, 1.165) is 37.8 Å². The molecule has 4 heteroatoms. The lowest BCUT2D eigenvalue weighted by Gasteiger charge is -2.29. The summed E-state index contributed by atoms with van der Waals surface area (Å²) in [4.78, 5) is 14.6. The monoisotopic (exact) mass is 296 g/mol. The molecule has 2 aliphatic rings. The van der Waals surface area contributed by atoms with Crippen molar-refractivity contribution in [1.82, 2.24) is 10.2 Å². The van der Waals surface area contributed by atoms with Gasteiger partial charge in [0, 0.05) is 18.6 Å². The molecule has 2 rings (SSSR count). The van der Waals surface area contributed by atoms with Crippen LogP contribution in [0.1, 0.15) is 59.3 Å². The molecule has 0 radical (unpaired) electrons. The number of methoxy groups -OCH3 is 1. The van der Waals surface area contributed by atoms with Gasteiger partial charge in [0.15, 0.2) is 0 Å². The largest absolute Gasteiger partial charge is 0.468 e. The summed E-state index contributed by atoms with van der Waals surface area (Å²) in [5.74, 6) is 0.717. The Hall–Kier alpha value is -0.610. The Balaban J connectivity index is 1.72. The molecule has 1 saturated carbocycles. The van der Waals surface area contributed by atoms with Gasteiger partial charge in [-0.25, -0.2) is 0 Å².